The van der Waals surface area contributed by atoms with E-state index in [0.29, 0.717) is 36.2 Å². The zero-order chi connectivity index (χ0) is 20.7. The SMILES string of the molecule is COc1cc(-c2nc3ncccn3c2N(C)c2ccc3c(c2)OCCO3)ccc1O. The van der Waals surface area contributed by atoms with Crippen LogP contribution in [-0.4, -0.2) is 46.8 Å². The number of hydrogen-bond donors (Lipinski definition) is 1. The fourth-order valence-corrected chi connectivity index (χ4v) is 3.58. The van der Waals surface area contributed by atoms with Crippen molar-refractivity contribution in [2.75, 3.05) is 32.3 Å². The van der Waals surface area contributed by atoms with Crippen molar-refractivity contribution in [3.8, 4) is 34.3 Å². The third-order valence-electron chi connectivity index (χ3n) is 5.06. The van der Waals surface area contributed by atoms with E-state index in [1.807, 2.05) is 46.8 Å². The van der Waals surface area contributed by atoms with Gasteiger partial charge in [-0.2, -0.15) is 0 Å². The highest BCUT2D eigenvalue weighted by Crippen LogP contribution is 2.40. The lowest BCUT2D eigenvalue weighted by atomic mass is 10.1. The molecule has 4 aromatic rings. The second-order valence-electron chi connectivity index (χ2n) is 6.85. The predicted octanol–water partition coefficient (Wildman–Crippen LogP) is 3.65. The van der Waals surface area contributed by atoms with Crippen molar-refractivity contribution in [1.29, 1.82) is 0 Å². The largest absolute Gasteiger partial charge is 0.504 e. The number of nitrogens with zero attached hydrogens (tertiary/aromatic N) is 4. The van der Waals surface area contributed by atoms with Crippen LogP contribution in [0.2, 0.25) is 0 Å². The van der Waals surface area contributed by atoms with Crippen LogP contribution in [0, 0.1) is 0 Å². The molecule has 3 heterocycles. The molecule has 0 atom stereocenters. The first-order valence-corrected chi connectivity index (χ1v) is 9.49. The Morgan fingerprint density at radius 3 is 2.77 bits per heavy atom. The molecule has 0 saturated carbocycles. The molecule has 0 unspecified atom stereocenters. The monoisotopic (exact) mass is 404 g/mol. The summed E-state index contributed by atoms with van der Waals surface area (Å²) in [6.07, 6.45) is 3.62. The number of methoxy groups -OCH3 is 1. The van der Waals surface area contributed by atoms with E-state index >= 15 is 0 Å². The van der Waals surface area contributed by atoms with Crippen molar-refractivity contribution in [3.05, 3.63) is 54.9 Å². The number of ether oxygens (including phenoxy) is 3. The number of benzene rings is 2. The van der Waals surface area contributed by atoms with Gasteiger partial charge in [-0.15, -0.1) is 0 Å². The molecule has 0 radical (unpaired) electrons. The molecular weight excluding hydrogens is 384 g/mol. The van der Waals surface area contributed by atoms with Gasteiger partial charge in [-0.25, -0.2) is 9.97 Å². The molecule has 1 aliphatic heterocycles. The maximum absolute atomic E-state index is 9.99. The summed E-state index contributed by atoms with van der Waals surface area (Å²) in [5.41, 5.74) is 2.43. The minimum Gasteiger partial charge on any atom is -0.504 e. The van der Waals surface area contributed by atoms with Gasteiger partial charge in [0.15, 0.2) is 23.0 Å². The standard InChI is InChI=1S/C22H20N4O4/c1-25(15-5-7-17-19(13-15)30-11-10-29-17)21-20(24-22-23-8-3-9-26(21)22)14-4-6-16(27)18(12-14)28-2/h3-9,12-13,27H,10-11H2,1-2H3. The van der Waals surface area contributed by atoms with Crippen LogP contribution in [0.25, 0.3) is 17.0 Å². The van der Waals surface area contributed by atoms with Crippen molar-refractivity contribution in [2.24, 2.45) is 0 Å². The number of rotatable bonds is 4. The van der Waals surface area contributed by atoms with Gasteiger partial charge in [0.05, 0.1) is 7.11 Å². The minimum atomic E-state index is 0.0740. The highest BCUT2D eigenvalue weighted by atomic mass is 16.6. The highest BCUT2D eigenvalue weighted by molar-refractivity contribution is 5.81. The van der Waals surface area contributed by atoms with Crippen LogP contribution in [0.5, 0.6) is 23.0 Å². The molecule has 0 bridgehead atoms. The first-order chi connectivity index (χ1) is 14.7. The lowest BCUT2D eigenvalue weighted by Crippen LogP contribution is -2.17. The molecule has 5 rings (SSSR count). The Balaban J connectivity index is 1.67. The van der Waals surface area contributed by atoms with Crippen LogP contribution in [0.15, 0.2) is 54.9 Å². The van der Waals surface area contributed by atoms with Crippen molar-refractivity contribution in [3.63, 3.8) is 0 Å². The number of aromatic nitrogens is 3. The number of aromatic hydroxyl groups is 1. The minimum absolute atomic E-state index is 0.0740. The number of anilines is 2. The maximum atomic E-state index is 9.99. The second kappa shape index (κ2) is 7.14. The molecule has 0 saturated heterocycles. The molecule has 152 valence electrons. The van der Waals surface area contributed by atoms with Crippen LogP contribution in [0.1, 0.15) is 0 Å². The van der Waals surface area contributed by atoms with Gasteiger partial charge < -0.3 is 24.2 Å². The molecule has 30 heavy (non-hydrogen) atoms. The average Bonchev–Trinajstić information content (AvgIpc) is 3.18. The van der Waals surface area contributed by atoms with Crippen LogP contribution < -0.4 is 19.1 Å². The van der Waals surface area contributed by atoms with Crippen LogP contribution >= 0.6 is 0 Å². The first-order valence-electron chi connectivity index (χ1n) is 9.49. The molecule has 2 aromatic carbocycles. The Bertz CT molecular complexity index is 1240. The predicted molar refractivity (Wildman–Crippen MR) is 112 cm³/mol. The van der Waals surface area contributed by atoms with Crippen molar-refractivity contribution in [1.82, 2.24) is 14.4 Å². The Morgan fingerprint density at radius 2 is 1.93 bits per heavy atom. The number of phenolic OH excluding ortho intramolecular Hbond substituents is 1. The number of hydrogen-bond acceptors (Lipinski definition) is 7. The average molecular weight is 404 g/mol. The molecule has 0 spiro atoms. The van der Waals surface area contributed by atoms with Gasteiger partial charge in [0.2, 0.25) is 5.78 Å². The lowest BCUT2D eigenvalue weighted by molar-refractivity contribution is 0.171. The summed E-state index contributed by atoms with van der Waals surface area (Å²) in [5, 5.41) is 9.99. The van der Waals surface area contributed by atoms with Gasteiger partial charge in [0, 0.05) is 36.8 Å². The fraction of sp³-hybridized carbons (Fsp3) is 0.182. The lowest BCUT2D eigenvalue weighted by Gasteiger charge is -2.24. The number of fused-ring (bicyclic) bond motifs is 2. The quantitative estimate of drug-likeness (QED) is 0.556. The Hall–Kier alpha value is -3.94. The Morgan fingerprint density at radius 1 is 1.10 bits per heavy atom. The molecule has 0 fully saturated rings. The molecule has 1 aliphatic rings. The molecule has 8 heteroatoms. The second-order valence-corrected chi connectivity index (χ2v) is 6.85. The van der Waals surface area contributed by atoms with Gasteiger partial charge in [-0.3, -0.25) is 4.40 Å². The van der Waals surface area contributed by atoms with Crippen molar-refractivity contribution >= 4 is 17.3 Å². The summed E-state index contributed by atoms with van der Waals surface area (Å²) in [6, 6.07) is 12.9. The van der Waals surface area contributed by atoms with Gasteiger partial charge in [-0.1, -0.05) is 0 Å². The fourth-order valence-electron chi connectivity index (χ4n) is 3.58. The topological polar surface area (TPSA) is 81.4 Å². The van der Waals surface area contributed by atoms with E-state index in [4.69, 9.17) is 19.2 Å². The van der Waals surface area contributed by atoms with Crippen molar-refractivity contribution in [2.45, 2.75) is 0 Å². The third kappa shape index (κ3) is 2.93. The first kappa shape index (κ1) is 18.1. The van der Waals surface area contributed by atoms with Gasteiger partial charge in [-0.05, 0) is 36.4 Å². The molecule has 2 aromatic heterocycles. The number of imidazole rings is 1. The summed E-state index contributed by atoms with van der Waals surface area (Å²) in [5.74, 6) is 3.30. The van der Waals surface area contributed by atoms with E-state index in [0.717, 1.165) is 22.8 Å². The maximum Gasteiger partial charge on any atom is 0.235 e. The zero-order valence-corrected chi connectivity index (χ0v) is 16.6. The van der Waals surface area contributed by atoms with E-state index in [1.165, 1.54) is 7.11 Å². The Kier molecular flexibility index (Phi) is 4.31. The number of phenols is 1. The summed E-state index contributed by atoms with van der Waals surface area (Å²) in [6.45, 7) is 1.08. The normalized spacial score (nSPS) is 12.7. The molecule has 8 nitrogen and oxygen atoms in total. The molecular formula is C22H20N4O4. The summed E-state index contributed by atoms with van der Waals surface area (Å²) >= 11 is 0. The van der Waals surface area contributed by atoms with E-state index in [1.54, 1.807) is 24.4 Å². The van der Waals surface area contributed by atoms with Gasteiger partial charge >= 0.3 is 0 Å². The summed E-state index contributed by atoms with van der Waals surface area (Å²) < 4.78 is 18.6. The zero-order valence-electron chi connectivity index (χ0n) is 16.6. The van der Waals surface area contributed by atoms with Gasteiger partial charge in [0.25, 0.3) is 0 Å². The van der Waals surface area contributed by atoms with E-state index in [9.17, 15) is 5.11 Å². The van der Waals surface area contributed by atoms with Crippen LogP contribution in [0.3, 0.4) is 0 Å². The molecule has 0 aliphatic carbocycles. The van der Waals surface area contributed by atoms with E-state index in [2.05, 4.69) is 4.98 Å². The van der Waals surface area contributed by atoms with Gasteiger partial charge in [0.1, 0.15) is 24.7 Å². The highest BCUT2D eigenvalue weighted by Gasteiger charge is 2.22. The molecule has 0 amide bonds. The van der Waals surface area contributed by atoms with Crippen LogP contribution in [0.4, 0.5) is 11.5 Å². The van der Waals surface area contributed by atoms with Crippen LogP contribution in [-0.2, 0) is 0 Å². The Labute approximate surface area is 172 Å². The van der Waals surface area contributed by atoms with E-state index in [-0.39, 0.29) is 5.75 Å². The molecule has 1 N–H and O–H groups in total. The van der Waals surface area contributed by atoms with Crippen molar-refractivity contribution < 1.29 is 19.3 Å². The summed E-state index contributed by atoms with van der Waals surface area (Å²) in [4.78, 5) is 11.2. The third-order valence-corrected chi connectivity index (χ3v) is 5.06. The summed E-state index contributed by atoms with van der Waals surface area (Å²) in [7, 11) is 3.48. The van der Waals surface area contributed by atoms with E-state index < -0.39 is 0 Å². The smallest absolute Gasteiger partial charge is 0.235 e.